The van der Waals surface area contributed by atoms with E-state index in [2.05, 4.69) is 11.8 Å². The first-order valence-electron chi connectivity index (χ1n) is 7.88. The number of carbonyl (C=O) groups is 1. The molecule has 1 unspecified atom stereocenters. The van der Waals surface area contributed by atoms with Crippen LogP contribution >= 0.6 is 0 Å². The van der Waals surface area contributed by atoms with Gasteiger partial charge < -0.3 is 10.0 Å². The maximum absolute atomic E-state index is 12.3. The van der Waals surface area contributed by atoms with Crippen molar-refractivity contribution >= 4 is 5.91 Å². The van der Waals surface area contributed by atoms with Crippen molar-refractivity contribution < 1.29 is 9.90 Å². The monoisotopic (exact) mass is 266 g/mol. The summed E-state index contributed by atoms with van der Waals surface area (Å²) in [5.41, 5.74) is -1.01. The zero-order chi connectivity index (χ0) is 13.5. The first-order valence-corrected chi connectivity index (χ1v) is 7.88. The van der Waals surface area contributed by atoms with Crippen molar-refractivity contribution in [2.75, 3.05) is 19.6 Å². The molecule has 2 aliphatic heterocycles. The highest BCUT2D eigenvalue weighted by molar-refractivity contribution is 5.86. The largest absolute Gasteiger partial charge is 0.380 e. The lowest BCUT2D eigenvalue weighted by molar-refractivity contribution is -0.162. The van der Waals surface area contributed by atoms with Crippen molar-refractivity contribution in [3.05, 3.63) is 0 Å². The van der Waals surface area contributed by atoms with E-state index in [1.807, 2.05) is 4.90 Å². The van der Waals surface area contributed by atoms with Crippen LogP contribution in [-0.2, 0) is 4.79 Å². The first-order chi connectivity index (χ1) is 9.10. The number of piperidine rings is 1. The summed E-state index contributed by atoms with van der Waals surface area (Å²) in [6.45, 7) is 5.20. The van der Waals surface area contributed by atoms with E-state index in [4.69, 9.17) is 0 Å². The zero-order valence-electron chi connectivity index (χ0n) is 12.0. The van der Waals surface area contributed by atoms with Gasteiger partial charge in [-0.3, -0.25) is 9.69 Å². The normalized spacial score (nSPS) is 32.3. The van der Waals surface area contributed by atoms with Crippen LogP contribution in [-0.4, -0.2) is 58.1 Å². The van der Waals surface area contributed by atoms with Crippen LogP contribution in [0.25, 0.3) is 0 Å². The van der Waals surface area contributed by atoms with E-state index in [1.165, 1.54) is 19.4 Å². The van der Waals surface area contributed by atoms with Crippen LogP contribution in [0.15, 0.2) is 0 Å². The third-order valence-electron chi connectivity index (χ3n) is 5.40. The van der Waals surface area contributed by atoms with E-state index in [0.29, 0.717) is 24.9 Å². The van der Waals surface area contributed by atoms with Gasteiger partial charge in [0.15, 0.2) is 0 Å². The molecule has 108 valence electrons. The van der Waals surface area contributed by atoms with Crippen LogP contribution in [0.4, 0.5) is 0 Å². The van der Waals surface area contributed by atoms with Crippen LogP contribution in [0.1, 0.15) is 51.9 Å². The van der Waals surface area contributed by atoms with Crippen LogP contribution in [0.3, 0.4) is 0 Å². The fraction of sp³-hybridized carbons (Fsp3) is 0.933. The number of likely N-dealkylation sites (tertiary alicyclic amines) is 2. The van der Waals surface area contributed by atoms with Crippen molar-refractivity contribution in [2.45, 2.75) is 69.6 Å². The molecule has 1 N–H and O–H groups in total. The van der Waals surface area contributed by atoms with Crippen molar-refractivity contribution in [1.82, 2.24) is 9.80 Å². The van der Waals surface area contributed by atoms with Gasteiger partial charge in [0.2, 0.25) is 0 Å². The predicted octanol–water partition coefficient (Wildman–Crippen LogP) is 1.38. The van der Waals surface area contributed by atoms with Gasteiger partial charge in [-0.15, -0.1) is 0 Å². The Hall–Kier alpha value is -0.610. The molecule has 2 saturated heterocycles. The summed E-state index contributed by atoms with van der Waals surface area (Å²) >= 11 is 0. The van der Waals surface area contributed by atoms with E-state index in [-0.39, 0.29) is 5.91 Å². The summed E-state index contributed by atoms with van der Waals surface area (Å²) in [6.07, 6.45) is 7.10. The Balaban J connectivity index is 1.53. The highest BCUT2D eigenvalue weighted by Gasteiger charge is 2.45. The number of hydrogen-bond acceptors (Lipinski definition) is 3. The average Bonchev–Trinajstić information content (AvgIpc) is 2.81. The van der Waals surface area contributed by atoms with Gasteiger partial charge in [-0.25, -0.2) is 0 Å². The van der Waals surface area contributed by atoms with Gasteiger partial charge >= 0.3 is 0 Å². The molecule has 1 atom stereocenters. The predicted molar refractivity (Wildman–Crippen MR) is 73.8 cm³/mol. The second-order valence-corrected chi connectivity index (χ2v) is 6.64. The minimum Gasteiger partial charge on any atom is -0.380 e. The lowest BCUT2D eigenvalue weighted by Gasteiger charge is -2.43. The van der Waals surface area contributed by atoms with Gasteiger partial charge in [-0.1, -0.05) is 0 Å². The summed E-state index contributed by atoms with van der Waals surface area (Å²) < 4.78 is 0. The molecule has 0 radical (unpaired) electrons. The molecule has 1 aliphatic carbocycles. The molecule has 4 heteroatoms. The molecule has 0 aromatic carbocycles. The second kappa shape index (κ2) is 5.06. The average molecular weight is 266 g/mol. The quantitative estimate of drug-likeness (QED) is 0.821. The molecule has 19 heavy (non-hydrogen) atoms. The number of hydrogen-bond donors (Lipinski definition) is 1. The summed E-state index contributed by atoms with van der Waals surface area (Å²) in [6, 6.07) is 1.36. The van der Waals surface area contributed by atoms with Crippen molar-refractivity contribution in [1.29, 1.82) is 0 Å². The van der Waals surface area contributed by atoms with Gasteiger partial charge in [0.1, 0.15) is 5.60 Å². The Labute approximate surface area is 115 Å². The Kier molecular flexibility index (Phi) is 3.56. The molecule has 3 fully saturated rings. The lowest BCUT2D eigenvalue weighted by atomic mass is 9.79. The zero-order valence-corrected chi connectivity index (χ0v) is 12.0. The van der Waals surface area contributed by atoms with Crippen molar-refractivity contribution in [3.63, 3.8) is 0 Å². The van der Waals surface area contributed by atoms with Crippen LogP contribution in [0, 0.1) is 0 Å². The van der Waals surface area contributed by atoms with Gasteiger partial charge in [0.05, 0.1) is 0 Å². The minimum atomic E-state index is -1.01. The number of rotatable bonds is 2. The summed E-state index contributed by atoms with van der Waals surface area (Å²) in [5.74, 6) is -0.00771. The molecule has 0 aromatic rings. The number of carbonyl (C=O) groups excluding carboxylic acids is 1. The van der Waals surface area contributed by atoms with E-state index >= 15 is 0 Å². The molecular formula is C15H26N2O2. The SMILES string of the molecule is CC1CCCN1C1CCN(C(=O)C2(O)CCC2)CC1. The van der Waals surface area contributed by atoms with Gasteiger partial charge in [0, 0.05) is 25.2 Å². The molecule has 1 saturated carbocycles. The standard InChI is InChI=1S/C15H26N2O2/c1-12-4-2-9-17(12)13-5-10-16(11-6-13)14(18)15(19)7-3-8-15/h12-13,19H,2-11H2,1H3. The molecular weight excluding hydrogens is 240 g/mol. The number of nitrogens with zero attached hydrogens (tertiary/aromatic N) is 2. The number of amides is 1. The number of aliphatic hydroxyl groups is 1. The van der Waals surface area contributed by atoms with Crippen molar-refractivity contribution in [2.24, 2.45) is 0 Å². The summed E-state index contributed by atoms with van der Waals surface area (Å²) in [7, 11) is 0. The fourth-order valence-electron chi connectivity index (χ4n) is 3.92. The van der Waals surface area contributed by atoms with Gasteiger partial charge in [-0.05, 0) is 58.4 Å². The Bertz CT molecular complexity index is 346. The van der Waals surface area contributed by atoms with Gasteiger partial charge in [-0.2, -0.15) is 0 Å². The van der Waals surface area contributed by atoms with E-state index in [9.17, 15) is 9.90 Å². The van der Waals surface area contributed by atoms with E-state index < -0.39 is 5.60 Å². The smallest absolute Gasteiger partial charge is 0.254 e. The molecule has 0 bridgehead atoms. The molecule has 3 rings (SSSR count). The molecule has 0 spiro atoms. The Morgan fingerprint density at radius 1 is 1.11 bits per heavy atom. The minimum absolute atomic E-state index is 0.00771. The molecule has 0 aromatic heterocycles. The Morgan fingerprint density at radius 3 is 2.26 bits per heavy atom. The Morgan fingerprint density at radius 2 is 1.79 bits per heavy atom. The third kappa shape index (κ3) is 2.40. The maximum Gasteiger partial charge on any atom is 0.254 e. The highest BCUT2D eigenvalue weighted by Crippen LogP contribution is 2.34. The molecule has 4 nitrogen and oxygen atoms in total. The van der Waals surface area contributed by atoms with Gasteiger partial charge in [0.25, 0.3) is 5.91 Å². The van der Waals surface area contributed by atoms with Crippen LogP contribution < -0.4 is 0 Å². The second-order valence-electron chi connectivity index (χ2n) is 6.64. The van der Waals surface area contributed by atoms with E-state index in [0.717, 1.165) is 32.4 Å². The van der Waals surface area contributed by atoms with Crippen LogP contribution in [0.5, 0.6) is 0 Å². The van der Waals surface area contributed by atoms with E-state index in [1.54, 1.807) is 0 Å². The first kappa shape index (κ1) is 13.4. The molecule has 1 amide bonds. The third-order valence-corrected chi connectivity index (χ3v) is 5.40. The van der Waals surface area contributed by atoms with Crippen LogP contribution in [0.2, 0.25) is 0 Å². The molecule has 3 aliphatic rings. The summed E-state index contributed by atoms with van der Waals surface area (Å²) in [5, 5.41) is 10.1. The maximum atomic E-state index is 12.3. The summed E-state index contributed by atoms with van der Waals surface area (Å²) in [4.78, 5) is 16.8. The van der Waals surface area contributed by atoms with Crippen molar-refractivity contribution in [3.8, 4) is 0 Å². The fourth-order valence-corrected chi connectivity index (χ4v) is 3.92. The topological polar surface area (TPSA) is 43.8 Å². The molecule has 2 heterocycles. The highest BCUT2D eigenvalue weighted by atomic mass is 16.3. The lowest BCUT2D eigenvalue weighted by Crippen LogP contribution is -2.56.